The van der Waals surface area contributed by atoms with Crippen molar-refractivity contribution >= 4 is 28.5 Å². The lowest BCUT2D eigenvalue weighted by Crippen LogP contribution is -2.43. The fourth-order valence-corrected chi connectivity index (χ4v) is 4.26. The Labute approximate surface area is 134 Å². The van der Waals surface area contributed by atoms with Crippen molar-refractivity contribution in [1.29, 1.82) is 0 Å². The third kappa shape index (κ3) is 1.66. The molecule has 0 amide bonds. The Bertz CT molecular complexity index is 807. The third-order valence-electron chi connectivity index (χ3n) is 5.20. The summed E-state index contributed by atoms with van der Waals surface area (Å²) in [4.78, 5) is 16.3. The van der Waals surface area contributed by atoms with E-state index in [4.69, 9.17) is 16.3 Å². The molecule has 0 saturated carbocycles. The van der Waals surface area contributed by atoms with Gasteiger partial charge in [-0.3, -0.25) is 4.79 Å². The molecule has 2 bridgehead atoms. The minimum absolute atomic E-state index is 0.146. The highest BCUT2D eigenvalue weighted by Crippen LogP contribution is 2.54. The highest BCUT2D eigenvalue weighted by Gasteiger charge is 2.52. The molecule has 3 atom stereocenters. The molecule has 2 aliphatic rings. The van der Waals surface area contributed by atoms with Gasteiger partial charge in [0, 0.05) is 27.5 Å². The first-order valence-electron chi connectivity index (χ1n) is 7.72. The minimum Gasteiger partial charge on any atom is -0.465 e. The summed E-state index contributed by atoms with van der Waals surface area (Å²) in [6.45, 7) is 4.26. The lowest BCUT2D eigenvalue weighted by Gasteiger charge is -2.37. The third-order valence-corrected chi connectivity index (χ3v) is 5.44. The van der Waals surface area contributed by atoms with E-state index in [0.717, 1.165) is 28.6 Å². The molecule has 2 aromatic rings. The quantitative estimate of drug-likeness (QED) is 0.662. The van der Waals surface area contributed by atoms with Crippen LogP contribution >= 0.6 is 11.6 Å². The van der Waals surface area contributed by atoms with E-state index in [1.807, 2.05) is 32.0 Å². The monoisotopic (exact) mass is 315 g/mol. The molecule has 114 valence electrons. The molecule has 1 aromatic carbocycles. The second kappa shape index (κ2) is 4.63. The summed E-state index contributed by atoms with van der Waals surface area (Å²) in [6.07, 6.45) is 5.35. The summed E-state index contributed by atoms with van der Waals surface area (Å²) < 4.78 is 5.42. The van der Waals surface area contributed by atoms with Crippen molar-refractivity contribution in [3.8, 4) is 0 Å². The van der Waals surface area contributed by atoms with E-state index in [-0.39, 0.29) is 11.9 Å². The maximum atomic E-state index is 12.8. The van der Waals surface area contributed by atoms with Crippen LogP contribution in [0.25, 0.3) is 10.9 Å². The van der Waals surface area contributed by atoms with Gasteiger partial charge in [0.1, 0.15) is 0 Å². The van der Waals surface area contributed by atoms with Gasteiger partial charge in [-0.2, -0.15) is 0 Å². The molecule has 0 aliphatic heterocycles. The lowest BCUT2D eigenvalue weighted by molar-refractivity contribution is -0.151. The van der Waals surface area contributed by atoms with Crippen LogP contribution in [-0.2, 0) is 14.9 Å². The number of hydrogen-bond donors (Lipinski definition) is 1. The second-order valence-electron chi connectivity index (χ2n) is 6.36. The van der Waals surface area contributed by atoms with Gasteiger partial charge < -0.3 is 9.72 Å². The van der Waals surface area contributed by atoms with Crippen molar-refractivity contribution in [2.24, 2.45) is 5.92 Å². The van der Waals surface area contributed by atoms with Crippen molar-refractivity contribution in [1.82, 2.24) is 4.98 Å². The van der Waals surface area contributed by atoms with Gasteiger partial charge in [0.25, 0.3) is 0 Å². The number of carbonyl (C=O) groups excluding carboxylic acids is 1. The average Bonchev–Trinajstić information content (AvgIpc) is 3.08. The molecular weight excluding hydrogens is 298 g/mol. The number of nitrogens with one attached hydrogen (secondary N) is 1. The number of H-pyrrole nitrogens is 1. The predicted molar refractivity (Wildman–Crippen MR) is 87.3 cm³/mol. The van der Waals surface area contributed by atoms with Crippen LogP contribution in [0.4, 0.5) is 0 Å². The zero-order valence-corrected chi connectivity index (χ0v) is 13.4. The van der Waals surface area contributed by atoms with Crippen LogP contribution in [-0.4, -0.2) is 17.6 Å². The predicted octanol–water partition coefficient (Wildman–Crippen LogP) is 4.32. The van der Waals surface area contributed by atoms with Gasteiger partial charge in [-0.25, -0.2) is 0 Å². The number of rotatable bonds is 2. The highest BCUT2D eigenvalue weighted by molar-refractivity contribution is 6.31. The Morgan fingerprint density at radius 2 is 2.27 bits per heavy atom. The van der Waals surface area contributed by atoms with Crippen molar-refractivity contribution < 1.29 is 9.53 Å². The molecule has 0 radical (unpaired) electrons. The first-order chi connectivity index (χ1) is 10.6. The Hall–Kier alpha value is -1.74. The largest absolute Gasteiger partial charge is 0.465 e. The Balaban J connectivity index is 2.03. The lowest BCUT2D eigenvalue weighted by atomic mass is 9.65. The van der Waals surface area contributed by atoms with E-state index in [1.54, 1.807) is 0 Å². The van der Waals surface area contributed by atoms with Crippen LogP contribution in [0.2, 0.25) is 5.02 Å². The Kier molecular flexibility index (Phi) is 2.92. The molecule has 1 heterocycles. The normalized spacial score (nSPS) is 28.9. The van der Waals surface area contributed by atoms with Gasteiger partial charge in [0.05, 0.1) is 12.0 Å². The zero-order valence-electron chi connectivity index (χ0n) is 12.7. The van der Waals surface area contributed by atoms with E-state index in [0.29, 0.717) is 17.5 Å². The van der Waals surface area contributed by atoms with E-state index in [2.05, 4.69) is 17.1 Å². The molecule has 4 rings (SSSR count). The molecule has 0 fully saturated rings. The van der Waals surface area contributed by atoms with Crippen LogP contribution in [0.5, 0.6) is 0 Å². The van der Waals surface area contributed by atoms with E-state index in [1.165, 1.54) is 0 Å². The summed E-state index contributed by atoms with van der Waals surface area (Å²) in [5.74, 6) is 0.392. The number of fused-ring (bicyclic) bond motifs is 6. The number of hydrogen-bond acceptors (Lipinski definition) is 2. The topological polar surface area (TPSA) is 42.1 Å². The fourth-order valence-electron chi connectivity index (χ4n) is 4.08. The molecule has 2 aliphatic carbocycles. The summed E-state index contributed by atoms with van der Waals surface area (Å²) in [5, 5.41) is 1.72. The molecule has 3 nitrogen and oxygen atoms in total. The molecule has 0 unspecified atom stereocenters. The number of benzene rings is 1. The molecule has 22 heavy (non-hydrogen) atoms. The maximum Gasteiger partial charge on any atom is 0.316 e. The number of ether oxygens (including phenoxy) is 1. The molecular formula is C18H18ClNO2. The van der Waals surface area contributed by atoms with Crippen LogP contribution in [0.3, 0.4) is 0 Å². The minimum atomic E-state index is -0.655. The second-order valence-corrected chi connectivity index (χ2v) is 6.80. The maximum absolute atomic E-state index is 12.8. The Morgan fingerprint density at radius 1 is 1.45 bits per heavy atom. The molecule has 0 saturated heterocycles. The molecule has 4 heteroatoms. The molecule has 1 N–H and O–H groups in total. The van der Waals surface area contributed by atoms with Gasteiger partial charge in [-0.05, 0) is 49.9 Å². The van der Waals surface area contributed by atoms with Crippen LogP contribution in [0.15, 0.2) is 30.4 Å². The SMILES string of the molecule is CCOC(=O)[C@@]1(C)c2c([nH]c3ccc(Cl)cc23)[C@H]2C=C[C@@H]1C2. The van der Waals surface area contributed by atoms with E-state index >= 15 is 0 Å². The van der Waals surface area contributed by atoms with Gasteiger partial charge in [0.15, 0.2) is 0 Å². The van der Waals surface area contributed by atoms with Gasteiger partial charge in [-0.1, -0.05) is 23.8 Å². The summed E-state index contributed by atoms with van der Waals surface area (Å²) >= 11 is 6.19. The molecule has 1 aromatic heterocycles. The van der Waals surface area contributed by atoms with Crippen molar-refractivity contribution in [3.05, 3.63) is 46.6 Å². The number of allylic oxidation sites excluding steroid dienone is 2. The number of aromatic amines is 1. The average molecular weight is 316 g/mol. The zero-order chi connectivity index (χ0) is 15.5. The number of aromatic nitrogens is 1. The first-order valence-corrected chi connectivity index (χ1v) is 8.10. The molecule has 0 spiro atoms. The number of halogens is 1. The van der Waals surface area contributed by atoms with Crippen molar-refractivity contribution in [3.63, 3.8) is 0 Å². The number of esters is 1. The summed E-state index contributed by atoms with van der Waals surface area (Å²) in [6, 6.07) is 5.81. The summed E-state index contributed by atoms with van der Waals surface area (Å²) in [7, 11) is 0. The smallest absolute Gasteiger partial charge is 0.316 e. The van der Waals surface area contributed by atoms with E-state index < -0.39 is 5.41 Å². The van der Waals surface area contributed by atoms with Crippen molar-refractivity contribution in [2.75, 3.05) is 6.61 Å². The highest BCUT2D eigenvalue weighted by atomic mass is 35.5. The van der Waals surface area contributed by atoms with E-state index in [9.17, 15) is 4.79 Å². The van der Waals surface area contributed by atoms with Gasteiger partial charge in [0.2, 0.25) is 0 Å². The van der Waals surface area contributed by atoms with Crippen LogP contribution < -0.4 is 0 Å². The number of carbonyl (C=O) groups is 1. The fraction of sp³-hybridized carbons (Fsp3) is 0.389. The first kappa shape index (κ1) is 13.9. The van der Waals surface area contributed by atoms with Crippen LogP contribution in [0.1, 0.15) is 37.4 Å². The van der Waals surface area contributed by atoms with Crippen molar-refractivity contribution in [2.45, 2.75) is 31.6 Å². The van der Waals surface area contributed by atoms with Crippen LogP contribution in [0, 0.1) is 5.92 Å². The van der Waals surface area contributed by atoms with Gasteiger partial charge in [-0.15, -0.1) is 0 Å². The Morgan fingerprint density at radius 3 is 3.05 bits per heavy atom. The summed E-state index contributed by atoms with van der Waals surface area (Å²) in [5.41, 5.74) is 2.58. The van der Waals surface area contributed by atoms with Gasteiger partial charge >= 0.3 is 5.97 Å². The standard InChI is InChI=1S/C18H18ClNO2/c1-3-22-17(21)18(2)11-5-4-10(8-11)16-15(18)13-9-12(19)6-7-14(13)20-16/h4-7,9-11,20H,3,8H2,1-2H3/t10-,11+,18+/m0/s1.